The first-order chi connectivity index (χ1) is 11.3. The van der Waals surface area contributed by atoms with Gasteiger partial charge < -0.3 is 10.1 Å². The third kappa shape index (κ3) is 1.80. The predicted octanol–water partition coefficient (Wildman–Crippen LogP) is 4.76. The number of carbonyl (C=O) groups is 1. The number of cyclic esters (lactones) is 1. The number of benzene rings is 4. The van der Waals surface area contributed by atoms with Crippen LogP contribution in [0.2, 0.25) is 0 Å². The van der Waals surface area contributed by atoms with E-state index in [0.717, 1.165) is 6.42 Å². The minimum Gasteiger partial charge on any atom is -0.449 e. The Morgan fingerprint density at radius 2 is 1.57 bits per heavy atom. The second-order valence-corrected chi connectivity index (χ2v) is 6.13. The molecule has 1 fully saturated rings. The molecule has 0 saturated carbocycles. The van der Waals surface area contributed by atoms with Crippen molar-refractivity contribution in [1.29, 1.82) is 0 Å². The summed E-state index contributed by atoms with van der Waals surface area (Å²) < 4.78 is 5.00. The van der Waals surface area contributed by atoms with Gasteiger partial charge in [-0.2, -0.15) is 0 Å². The Bertz CT molecular complexity index is 1040. The second-order valence-electron chi connectivity index (χ2n) is 6.13. The molecule has 3 nitrogen and oxygen atoms in total. The molecule has 0 aromatic heterocycles. The highest BCUT2D eigenvalue weighted by Crippen LogP contribution is 2.38. The monoisotopic (exact) mass is 301 g/mol. The lowest BCUT2D eigenvalue weighted by Crippen LogP contribution is -2.35. The van der Waals surface area contributed by atoms with Crippen LogP contribution in [0.15, 0.2) is 54.6 Å². The van der Waals surface area contributed by atoms with Crippen LogP contribution >= 0.6 is 0 Å². The van der Waals surface area contributed by atoms with Crippen LogP contribution in [0.4, 0.5) is 4.79 Å². The molecular formula is C20H15NO2. The summed E-state index contributed by atoms with van der Waals surface area (Å²) in [4.78, 5) is 11.6. The van der Waals surface area contributed by atoms with Crippen molar-refractivity contribution in [1.82, 2.24) is 5.32 Å². The van der Waals surface area contributed by atoms with Gasteiger partial charge in [-0.1, -0.05) is 54.6 Å². The van der Waals surface area contributed by atoms with Crippen molar-refractivity contribution in [3.63, 3.8) is 0 Å². The molecule has 1 N–H and O–H groups in total. The van der Waals surface area contributed by atoms with Crippen LogP contribution in [0, 0.1) is 0 Å². The molecule has 3 heteroatoms. The summed E-state index contributed by atoms with van der Waals surface area (Å²) in [5, 5.41) is 10.5. The molecule has 112 valence electrons. The predicted molar refractivity (Wildman–Crippen MR) is 92.0 cm³/mol. The van der Waals surface area contributed by atoms with Crippen molar-refractivity contribution in [2.45, 2.75) is 12.5 Å². The highest BCUT2D eigenvalue weighted by Gasteiger charge is 2.23. The smallest absolute Gasteiger partial charge is 0.407 e. The van der Waals surface area contributed by atoms with Crippen LogP contribution in [0.25, 0.3) is 32.3 Å². The maximum Gasteiger partial charge on any atom is 0.407 e. The first-order valence-electron chi connectivity index (χ1n) is 7.91. The van der Waals surface area contributed by atoms with Crippen molar-refractivity contribution in [2.24, 2.45) is 0 Å². The normalized spacial score (nSPS) is 18.4. The molecule has 4 aromatic rings. The molecule has 4 aromatic carbocycles. The van der Waals surface area contributed by atoms with Gasteiger partial charge in [-0.3, -0.25) is 0 Å². The topological polar surface area (TPSA) is 38.3 Å². The summed E-state index contributed by atoms with van der Waals surface area (Å²) >= 11 is 0. The second kappa shape index (κ2) is 4.59. The van der Waals surface area contributed by atoms with Gasteiger partial charge in [-0.15, -0.1) is 0 Å². The average molecular weight is 301 g/mol. The number of rotatable bonds is 1. The molecule has 1 saturated heterocycles. The van der Waals surface area contributed by atoms with Gasteiger partial charge in [0, 0.05) is 6.42 Å². The molecule has 1 aliphatic heterocycles. The van der Waals surface area contributed by atoms with Gasteiger partial charge >= 0.3 is 6.09 Å². The Morgan fingerprint density at radius 1 is 0.870 bits per heavy atom. The Hall–Kier alpha value is -2.81. The first kappa shape index (κ1) is 12.7. The number of amides is 1. The summed E-state index contributed by atoms with van der Waals surface area (Å²) in [7, 11) is 0. The van der Waals surface area contributed by atoms with Gasteiger partial charge in [-0.25, -0.2) is 4.79 Å². The van der Waals surface area contributed by atoms with Gasteiger partial charge in [0.25, 0.3) is 0 Å². The molecule has 0 bridgehead atoms. The summed E-state index contributed by atoms with van der Waals surface area (Å²) in [6.07, 6.45) is 0.474. The minimum absolute atomic E-state index is 0.0146. The lowest BCUT2D eigenvalue weighted by atomic mass is 9.89. The lowest BCUT2D eigenvalue weighted by Gasteiger charge is -2.25. The van der Waals surface area contributed by atoms with Gasteiger partial charge in [0.1, 0.15) is 0 Å². The average Bonchev–Trinajstić information content (AvgIpc) is 2.59. The Morgan fingerprint density at radius 3 is 2.35 bits per heavy atom. The summed E-state index contributed by atoms with van der Waals surface area (Å²) in [6, 6.07) is 19.4. The molecule has 0 aliphatic carbocycles. The van der Waals surface area contributed by atoms with E-state index in [9.17, 15) is 4.79 Å². The molecular weight excluding hydrogens is 286 g/mol. The van der Waals surface area contributed by atoms with Crippen LogP contribution in [-0.4, -0.2) is 12.7 Å². The number of hydrogen-bond donors (Lipinski definition) is 1. The maximum atomic E-state index is 11.6. The van der Waals surface area contributed by atoms with E-state index in [1.807, 2.05) is 0 Å². The Balaban J connectivity index is 1.86. The molecule has 5 rings (SSSR count). The molecule has 1 amide bonds. The van der Waals surface area contributed by atoms with Gasteiger partial charge in [0.15, 0.2) is 0 Å². The number of alkyl carbamates (subject to hydrolysis) is 1. The maximum absolute atomic E-state index is 11.6. The zero-order chi connectivity index (χ0) is 15.4. The molecule has 23 heavy (non-hydrogen) atoms. The van der Waals surface area contributed by atoms with Gasteiger partial charge in [-0.05, 0) is 37.9 Å². The summed E-state index contributed by atoms with van der Waals surface area (Å²) in [5.74, 6) is 0. The van der Waals surface area contributed by atoms with E-state index in [1.165, 1.54) is 37.9 Å². The first-order valence-corrected chi connectivity index (χ1v) is 7.91. The Labute approximate surface area is 133 Å². The van der Waals surface area contributed by atoms with Gasteiger partial charge in [0.2, 0.25) is 0 Å². The number of carbonyl (C=O) groups excluding carboxylic acids is 1. The highest BCUT2D eigenvalue weighted by molar-refractivity contribution is 6.23. The van der Waals surface area contributed by atoms with E-state index >= 15 is 0 Å². The van der Waals surface area contributed by atoms with E-state index in [0.29, 0.717) is 6.61 Å². The van der Waals surface area contributed by atoms with E-state index in [-0.39, 0.29) is 12.1 Å². The third-order valence-corrected chi connectivity index (χ3v) is 4.87. The lowest BCUT2D eigenvalue weighted by molar-refractivity contribution is 0.116. The van der Waals surface area contributed by atoms with E-state index in [2.05, 4.69) is 59.9 Å². The number of ether oxygens (including phenoxy) is 1. The quantitative estimate of drug-likeness (QED) is 0.515. The molecule has 0 radical (unpaired) electrons. The standard InChI is InChI=1S/C20H15NO2/c22-20-21-17(10-11-23-20)15-8-6-14-5-4-12-2-1-3-13-7-9-16(15)19(14)18(12)13/h1-9,17H,10-11H2,(H,21,22)/t17-/m0/s1. The van der Waals surface area contributed by atoms with Crippen molar-refractivity contribution in [2.75, 3.05) is 6.61 Å². The van der Waals surface area contributed by atoms with Crippen LogP contribution in [0.5, 0.6) is 0 Å². The summed E-state index contributed by atoms with van der Waals surface area (Å²) in [6.45, 7) is 0.471. The van der Waals surface area contributed by atoms with E-state index in [1.54, 1.807) is 0 Å². The Kier molecular flexibility index (Phi) is 2.54. The molecule has 1 aliphatic rings. The van der Waals surface area contributed by atoms with Crippen LogP contribution in [0.3, 0.4) is 0 Å². The SMILES string of the molecule is O=C1N[C@H](c2ccc3ccc4cccc5ccc2c3c45)CCO1. The zero-order valence-corrected chi connectivity index (χ0v) is 12.5. The van der Waals surface area contributed by atoms with Crippen molar-refractivity contribution < 1.29 is 9.53 Å². The van der Waals surface area contributed by atoms with Crippen molar-refractivity contribution in [3.8, 4) is 0 Å². The van der Waals surface area contributed by atoms with Gasteiger partial charge in [0.05, 0.1) is 12.6 Å². The number of hydrogen-bond acceptors (Lipinski definition) is 2. The summed E-state index contributed by atoms with van der Waals surface area (Å²) in [5.41, 5.74) is 1.17. The molecule has 0 spiro atoms. The van der Waals surface area contributed by atoms with Crippen LogP contribution in [0.1, 0.15) is 18.0 Å². The fourth-order valence-corrected chi connectivity index (χ4v) is 3.82. The largest absolute Gasteiger partial charge is 0.449 e. The molecule has 1 atom stereocenters. The zero-order valence-electron chi connectivity index (χ0n) is 12.5. The number of nitrogens with one attached hydrogen (secondary N) is 1. The van der Waals surface area contributed by atoms with Crippen molar-refractivity contribution >= 4 is 38.4 Å². The van der Waals surface area contributed by atoms with Crippen LogP contribution in [-0.2, 0) is 4.74 Å². The van der Waals surface area contributed by atoms with E-state index < -0.39 is 0 Å². The van der Waals surface area contributed by atoms with Crippen LogP contribution < -0.4 is 5.32 Å². The molecule has 1 heterocycles. The minimum atomic E-state index is -0.327. The fourth-order valence-electron chi connectivity index (χ4n) is 3.82. The van der Waals surface area contributed by atoms with E-state index in [4.69, 9.17) is 4.74 Å². The molecule has 0 unspecified atom stereocenters. The highest BCUT2D eigenvalue weighted by atomic mass is 16.5. The fraction of sp³-hybridized carbons (Fsp3) is 0.150. The third-order valence-electron chi connectivity index (χ3n) is 4.87. The van der Waals surface area contributed by atoms with Crippen molar-refractivity contribution in [3.05, 3.63) is 60.2 Å².